The molecule has 5 heteroatoms. The van der Waals surface area contributed by atoms with Crippen LogP contribution in [0, 0.1) is 10.1 Å². The lowest BCUT2D eigenvalue weighted by Gasteiger charge is -1.97. The number of carbonyl (C=O) groups excluding carboxylic acids is 1. The van der Waals surface area contributed by atoms with Crippen LogP contribution in [0.25, 0.3) is 5.76 Å². The topological polar surface area (TPSA) is 69.4 Å². The Morgan fingerprint density at radius 3 is 2.88 bits per heavy atom. The third-order valence-corrected chi connectivity index (χ3v) is 2.53. The van der Waals surface area contributed by atoms with E-state index < -0.39 is 10.9 Å². The first-order valence-corrected chi connectivity index (χ1v) is 5.35. The van der Waals surface area contributed by atoms with Crippen LogP contribution in [0.2, 0.25) is 0 Å². The first-order valence-electron chi connectivity index (χ1n) is 5.35. The molecule has 0 atom stereocenters. The fraction of sp³-hybridized carbons (Fsp3) is 0.250. The van der Waals surface area contributed by atoms with E-state index in [4.69, 9.17) is 4.74 Å². The summed E-state index contributed by atoms with van der Waals surface area (Å²) >= 11 is 0. The summed E-state index contributed by atoms with van der Waals surface area (Å²) in [5.41, 5.74) is 0.366. The summed E-state index contributed by atoms with van der Waals surface area (Å²) < 4.78 is 5.04. The van der Waals surface area contributed by atoms with Crippen LogP contribution in [0.15, 0.2) is 24.3 Å². The van der Waals surface area contributed by atoms with E-state index in [2.05, 4.69) is 0 Å². The van der Waals surface area contributed by atoms with Crippen LogP contribution in [0.1, 0.15) is 35.7 Å². The molecule has 0 N–H and O–H groups in total. The minimum absolute atomic E-state index is 0.0554. The van der Waals surface area contributed by atoms with E-state index in [0.29, 0.717) is 11.3 Å². The van der Waals surface area contributed by atoms with E-state index in [-0.39, 0.29) is 11.3 Å². The average Bonchev–Trinajstić information content (AvgIpc) is 2.64. The van der Waals surface area contributed by atoms with E-state index in [9.17, 15) is 14.9 Å². The summed E-state index contributed by atoms with van der Waals surface area (Å²) in [5.74, 6) is -0.217. The molecule has 1 aromatic rings. The maximum absolute atomic E-state index is 11.6. The van der Waals surface area contributed by atoms with Crippen LogP contribution in [0.5, 0.6) is 0 Å². The van der Waals surface area contributed by atoms with Crippen molar-refractivity contribution in [2.24, 2.45) is 0 Å². The van der Waals surface area contributed by atoms with Gasteiger partial charge in [0.2, 0.25) is 0 Å². The Labute approximate surface area is 97.9 Å². The summed E-state index contributed by atoms with van der Waals surface area (Å²) in [6, 6.07) is 4.52. The molecule has 0 fully saturated rings. The molecule has 0 saturated carbocycles. The SMILES string of the molecule is CCC/C=C1\OC(=O)c2c1cccc2[N+](=O)[O-]. The molecule has 2 rings (SSSR count). The van der Waals surface area contributed by atoms with Gasteiger partial charge in [-0.05, 0) is 18.6 Å². The van der Waals surface area contributed by atoms with Crippen molar-refractivity contribution in [2.45, 2.75) is 19.8 Å². The standard InChI is InChI=1S/C12H11NO4/c1-2-3-7-10-8-5-4-6-9(13(15)16)11(8)12(14)17-10/h4-7H,2-3H2,1H3/b10-7-. The fourth-order valence-corrected chi connectivity index (χ4v) is 1.75. The number of nitrogens with zero attached hydrogens (tertiary/aromatic N) is 1. The van der Waals surface area contributed by atoms with E-state index in [1.165, 1.54) is 6.07 Å². The number of fused-ring (bicyclic) bond motifs is 1. The zero-order valence-corrected chi connectivity index (χ0v) is 9.30. The molecule has 0 bridgehead atoms. The molecule has 0 amide bonds. The van der Waals surface area contributed by atoms with Crippen LogP contribution < -0.4 is 0 Å². The first kappa shape index (κ1) is 11.3. The quantitative estimate of drug-likeness (QED) is 0.457. The molecule has 0 aliphatic carbocycles. The maximum atomic E-state index is 11.6. The van der Waals surface area contributed by atoms with Crippen molar-refractivity contribution in [3.8, 4) is 0 Å². The van der Waals surface area contributed by atoms with Gasteiger partial charge in [-0.2, -0.15) is 0 Å². The zero-order valence-electron chi connectivity index (χ0n) is 9.30. The van der Waals surface area contributed by atoms with E-state index in [1.54, 1.807) is 18.2 Å². The van der Waals surface area contributed by atoms with Gasteiger partial charge in [-0.3, -0.25) is 10.1 Å². The predicted octanol–water partition coefficient (Wildman–Crippen LogP) is 2.91. The van der Waals surface area contributed by atoms with Gasteiger partial charge in [0, 0.05) is 11.6 Å². The molecule has 0 spiro atoms. The number of carbonyl (C=O) groups is 1. The number of nitro groups is 1. The Kier molecular flexibility index (Phi) is 2.91. The smallest absolute Gasteiger partial charge is 0.351 e. The molecule has 1 aromatic carbocycles. The summed E-state index contributed by atoms with van der Waals surface area (Å²) in [5, 5.41) is 10.8. The maximum Gasteiger partial charge on any atom is 0.351 e. The molecular formula is C12H11NO4. The summed E-state index contributed by atoms with van der Waals surface area (Å²) in [6.45, 7) is 2.00. The van der Waals surface area contributed by atoms with Crippen LogP contribution >= 0.6 is 0 Å². The van der Waals surface area contributed by atoms with Gasteiger partial charge in [0.05, 0.1) is 4.92 Å². The van der Waals surface area contributed by atoms with Crippen LogP contribution in [0.4, 0.5) is 5.69 Å². The second-order valence-electron chi connectivity index (χ2n) is 3.70. The van der Waals surface area contributed by atoms with Gasteiger partial charge >= 0.3 is 5.97 Å². The molecular weight excluding hydrogens is 222 g/mol. The average molecular weight is 233 g/mol. The number of nitro benzene ring substituents is 1. The zero-order chi connectivity index (χ0) is 12.4. The molecule has 17 heavy (non-hydrogen) atoms. The second kappa shape index (κ2) is 4.37. The van der Waals surface area contributed by atoms with Gasteiger partial charge < -0.3 is 4.74 Å². The molecule has 0 radical (unpaired) electrons. The molecule has 0 saturated heterocycles. The Bertz CT molecular complexity index is 519. The Hall–Kier alpha value is -2.17. The highest BCUT2D eigenvalue weighted by atomic mass is 16.6. The van der Waals surface area contributed by atoms with E-state index >= 15 is 0 Å². The van der Waals surface area contributed by atoms with Gasteiger partial charge in [0.25, 0.3) is 5.69 Å². The highest BCUT2D eigenvalue weighted by Gasteiger charge is 2.33. The van der Waals surface area contributed by atoms with Crippen molar-refractivity contribution in [1.29, 1.82) is 0 Å². The number of allylic oxidation sites excluding steroid dienone is 1. The predicted molar refractivity (Wildman–Crippen MR) is 61.4 cm³/mol. The summed E-state index contributed by atoms with van der Waals surface area (Å²) in [6.07, 6.45) is 3.48. The lowest BCUT2D eigenvalue weighted by atomic mass is 10.1. The van der Waals surface area contributed by atoms with Crippen molar-refractivity contribution in [2.75, 3.05) is 0 Å². The number of hydrogen-bond acceptors (Lipinski definition) is 4. The number of cyclic esters (lactones) is 1. The molecule has 1 aliphatic heterocycles. The first-order chi connectivity index (χ1) is 8.15. The number of esters is 1. The number of ether oxygens (including phenoxy) is 1. The minimum Gasteiger partial charge on any atom is -0.422 e. The molecule has 1 heterocycles. The molecule has 1 aliphatic rings. The Balaban J connectivity index is 2.54. The van der Waals surface area contributed by atoms with Gasteiger partial charge in [0.15, 0.2) is 0 Å². The number of benzene rings is 1. The van der Waals surface area contributed by atoms with Crippen molar-refractivity contribution in [1.82, 2.24) is 0 Å². The molecule has 0 aromatic heterocycles. The van der Waals surface area contributed by atoms with Gasteiger partial charge in [-0.15, -0.1) is 0 Å². The van der Waals surface area contributed by atoms with Crippen molar-refractivity contribution in [3.05, 3.63) is 45.5 Å². The van der Waals surface area contributed by atoms with Crippen LogP contribution in [-0.4, -0.2) is 10.9 Å². The minimum atomic E-state index is -0.644. The number of rotatable bonds is 3. The third kappa shape index (κ3) is 1.91. The molecule has 0 unspecified atom stereocenters. The van der Waals surface area contributed by atoms with Gasteiger partial charge in [-0.25, -0.2) is 4.79 Å². The van der Waals surface area contributed by atoms with Crippen molar-refractivity contribution in [3.63, 3.8) is 0 Å². The fourth-order valence-electron chi connectivity index (χ4n) is 1.75. The largest absolute Gasteiger partial charge is 0.422 e. The number of hydrogen-bond donors (Lipinski definition) is 0. The van der Waals surface area contributed by atoms with E-state index in [1.807, 2.05) is 6.92 Å². The van der Waals surface area contributed by atoms with Crippen molar-refractivity contribution < 1.29 is 14.5 Å². The van der Waals surface area contributed by atoms with Gasteiger partial charge in [0.1, 0.15) is 11.3 Å². The number of unbranched alkanes of at least 4 members (excludes halogenated alkanes) is 1. The lowest BCUT2D eigenvalue weighted by molar-refractivity contribution is -0.385. The Morgan fingerprint density at radius 1 is 1.47 bits per heavy atom. The highest BCUT2D eigenvalue weighted by molar-refractivity contribution is 6.06. The van der Waals surface area contributed by atoms with E-state index in [0.717, 1.165) is 12.8 Å². The van der Waals surface area contributed by atoms with Crippen LogP contribution in [-0.2, 0) is 4.74 Å². The third-order valence-electron chi connectivity index (χ3n) is 2.53. The lowest BCUT2D eigenvalue weighted by Crippen LogP contribution is -2.00. The highest BCUT2D eigenvalue weighted by Crippen LogP contribution is 2.35. The molecule has 5 nitrogen and oxygen atoms in total. The molecule has 88 valence electrons. The van der Waals surface area contributed by atoms with Crippen LogP contribution in [0.3, 0.4) is 0 Å². The van der Waals surface area contributed by atoms with Crippen molar-refractivity contribution >= 4 is 17.4 Å². The summed E-state index contributed by atoms with van der Waals surface area (Å²) in [4.78, 5) is 21.8. The van der Waals surface area contributed by atoms with Gasteiger partial charge in [-0.1, -0.05) is 19.4 Å². The monoisotopic (exact) mass is 233 g/mol. The second-order valence-corrected chi connectivity index (χ2v) is 3.70. The summed E-state index contributed by atoms with van der Waals surface area (Å²) in [7, 11) is 0. The Morgan fingerprint density at radius 2 is 2.24 bits per heavy atom. The normalized spacial score (nSPS) is 15.8.